The van der Waals surface area contributed by atoms with Gasteiger partial charge >= 0.3 is 12.0 Å². The highest BCUT2D eigenvalue weighted by atomic mass is 79.9. The number of rotatable bonds is 2. The van der Waals surface area contributed by atoms with E-state index in [1.807, 2.05) is 0 Å². The van der Waals surface area contributed by atoms with Gasteiger partial charge in [0.15, 0.2) is 0 Å². The molecule has 0 radical (unpaired) electrons. The third kappa shape index (κ3) is 2.63. The monoisotopic (exact) mass is 344 g/mol. The summed E-state index contributed by atoms with van der Waals surface area (Å²) in [6.07, 6.45) is 0.994. The van der Waals surface area contributed by atoms with Crippen LogP contribution in [0.2, 0.25) is 0 Å². The molecule has 0 saturated carbocycles. The molecule has 2 N–H and O–H groups in total. The number of hydrogen-bond acceptors (Lipinski definition) is 2. The molecule has 0 spiro atoms. The highest BCUT2D eigenvalue weighted by Crippen LogP contribution is 2.30. The van der Waals surface area contributed by atoms with Crippen LogP contribution >= 0.6 is 15.9 Å². The number of carboxylic acids is 1. The van der Waals surface area contributed by atoms with Crippen molar-refractivity contribution in [1.29, 1.82) is 0 Å². The zero-order valence-electron chi connectivity index (χ0n) is 10.8. The Kier molecular flexibility index (Phi) is 3.99. The van der Waals surface area contributed by atoms with E-state index in [-0.39, 0.29) is 5.69 Å². The maximum Gasteiger partial charge on any atom is 0.329 e. The van der Waals surface area contributed by atoms with Gasteiger partial charge in [-0.2, -0.15) is 0 Å². The van der Waals surface area contributed by atoms with Gasteiger partial charge in [0.05, 0.1) is 5.69 Å². The summed E-state index contributed by atoms with van der Waals surface area (Å²) < 4.78 is 14.2. The highest BCUT2D eigenvalue weighted by molar-refractivity contribution is 9.10. The first-order valence-electron chi connectivity index (χ1n) is 6.11. The molecule has 20 heavy (non-hydrogen) atoms. The molecule has 5 nitrogen and oxygen atoms in total. The molecule has 0 bridgehead atoms. The quantitative estimate of drug-likeness (QED) is 0.866. The van der Waals surface area contributed by atoms with E-state index >= 15 is 0 Å². The van der Waals surface area contributed by atoms with E-state index in [1.54, 1.807) is 0 Å². The minimum Gasteiger partial charge on any atom is -0.480 e. The van der Waals surface area contributed by atoms with Crippen LogP contribution in [-0.2, 0) is 4.79 Å². The van der Waals surface area contributed by atoms with Gasteiger partial charge in [0.25, 0.3) is 0 Å². The van der Waals surface area contributed by atoms with Crippen molar-refractivity contribution >= 4 is 33.6 Å². The van der Waals surface area contributed by atoms with Crippen molar-refractivity contribution < 1.29 is 19.1 Å². The van der Waals surface area contributed by atoms with Gasteiger partial charge in [-0.15, -0.1) is 0 Å². The summed E-state index contributed by atoms with van der Waals surface area (Å²) in [5.41, 5.74) is -1.23. The molecule has 1 heterocycles. The first-order valence-corrected chi connectivity index (χ1v) is 6.91. The third-order valence-electron chi connectivity index (χ3n) is 3.52. The average molecular weight is 345 g/mol. The third-order valence-corrected chi connectivity index (χ3v) is 4.01. The molecular formula is C13H14BrFN2O3. The van der Waals surface area contributed by atoms with Crippen LogP contribution in [0.5, 0.6) is 0 Å². The van der Waals surface area contributed by atoms with E-state index in [0.29, 0.717) is 23.9 Å². The number of hydrogen-bond donors (Lipinski definition) is 2. The van der Waals surface area contributed by atoms with Crippen LogP contribution in [0.15, 0.2) is 22.7 Å². The lowest BCUT2D eigenvalue weighted by Crippen LogP contribution is -2.52. The number of anilines is 1. The summed E-state index contributed by atoms with van der Waals surface area (Å²) in [5, 5.41) is 11.7. The summed E-state index contributed by atoms with van der Waals surface area (Å²) in [6, 6.07) is 3.56. The summed E-state index contributed by atoms with van der Waals surface area (Å²) in [7, 11) is 0. The van der Waals surface area contributed by atoms with Gasteiger partial charge in [0, 0.05) is 11.0 Å². The van der Waals surface area contributed by atoms with Crippen molar-refractivity contribution in [2.45, 2.75) is 25.3 Å². The predicted molar refractivity (Wildman–Crippen MR) is 75.1 cm³/mol. The van der Waals surface area contributed by atoms with Gasteiger partial charge in [-0.1, -0.05) is 15.9 Å². The fraction of sp³-hybridized carbons (Fsp3) is 0.385. The van der Waals surface area contributed by atoms with E-state index in [9.17, 15) is 19.1 Å². The summed E-state index contributed by atoms with van der Waals surface area (Å²) in [5.74, 6) is -1.63. The molecule has 1 unspecified atom stereocenters. The summed E-state index contributed by atoms with van der Waals surface area (Å²) in [6.45, 7) is 1.84. The van der Waals surface area contributed by atoms with E-state index < -0.39 is 23.4 Å². The van der Waals surface area contributed by atoms with Gasteiger partial charge in [0.1, 0.15) is 11.4 Å². The van der Waals surface area contributed by atoms with Gasteiger partial charge in [-0.05, 0) is 38.0 Å². The van der Waals surface area contributed by atoms with E-state index in [1.165, 1.54) is 30.0 Å². The van der Waals surface area contributed by atoms with Crippen molar-refractivity contribution in [3.63, 3.8) is 0 Å². The predicted octanol–water partition coefficient (Wildman–Crippen LogP) is 3.06. The number of carboxylic acid groups (broad SMARTS) is 1. The van der Waals surface area contributed by atoms with Gasteiger partial charge < -0.3 is 15.3 Å². The molecule has 1 aromatic carbocycles. The summed E-state index contributed by atoms with van der Waals surface area (Å²) in [4.78, 5) is 24.7. The Morgan fingerprint density at radius 1 is 1.50 bits per heavy atom. The van der Waals surface area contributed by atoms with Gasteiger partial charge in [0.2, 0.25) is 0 Å². The topological polar surface area (TPSA) is 69.6 Å². The fourth-order valence-electron chi connectivity index (χ4n) is 2.29. The van der Waals surface area contributed by atoms with E-state index in [0.717, 1.165) is 0 Å². The fourth-order valence-corrected chi connectivity index (χ4v) is 2.65. The molecule has 0 aromatic heterocycles. The lowest BCUT2D eigenvalue weighted by atomic mass is 10.00. The van der Waals surface area contributed by atoms with Gasteiger partial charge in [-0.3, -0.25) is 0 Å². The number of carbonyl (C=O) groups excluding carboxylic acids is 1. The SMILES string of the molecule is CC1(C(=O)O)CCCN1C(=O)Nc1cc(Br)ccc1F. The zero-order valence-corrected chi connectivity index (χ0v) is 12.4. The number of halogens is 2. The van der Waals surface area contributed by atoms with Gasteiger partial charge in [-0.25, -0.2) is 14.0 Å². The second kappa shape index (κ2) is 5.40. The molecule has 1 aliphatic rings. The minimum atomic E-state index is -1.24. The normalized spacial score (nSPS) is 21.9. The van der Waals surface area contributed by atoms with Crippen LogP contribution < -0.4 is 5.32 Å². The largest absolute Gasteiger partial charge is 0.480 e. The highest BCUT2D eigenvalue weighted by Gasteiger charge is 2.46. The molecule has 1 saturated heterocycles. The van der Waals surface area contributed by atoms with Crippen LogP contribution in [-0.4, -0.2) is 34.1 Å². The molecule has 2 amide bonds. The van der Waals surface area contributed by atoms with Crippen LogP contribution in [0, 0.1) is 5.82 Å². The molecule has 108 valence electrons. The molecule has 1 aromatic rings. The van der Waals surface area contributed by atoms with Crippen molar-refractivity contribution in [2.75, 3.05) is 11.9 Å². The Hall–Kier alpha value is -1.63. The number of carbonyl (C=O) groups is 2. The smallest absolute Gasteiger partial charge is 0.329 e. The summed E-state index contributed by atoms with van der Waals surface area (Å²) >= 11 is 3.19. The van der Waals surface area contributed by atoms with Crippen LogP contribution in [0.1, 0.15) is 19.8 Å². The Balaban J connectivity index is 2.20. The molecule has 2 rings (SSSR count). The average Bonchev–Trinajstić information content (AvgIpc) is 2.77. The number of benzene rings is 1. The number of nitrogens with one attached hydrogen (secondary N) is 1. The zero-order chi connectivity index (χ0) is 14.9. The molecule has 7 heteroatoms. The number of urea groups is 1. The van der Waals surface area contributed by atoms with Crippen molar-refractivity contribution in [1.82, 2.24) is 4.90 Å². The van der Waals surface area contributed by atoms with Crippen LogP contribution in [0.3, 0.4) is 0 Å². The van der Waals surface area contributed by atoms with Crippen LogP contribution in [0.25, 0.3) is 0 Å². The Bertz CT molecular complexity index is 567. The standard InChI is InChI=1S/C13H14BrFN2O3/c1-13(11(18)19)5-2-6-17(13)12(20)16-10-7-8(14)3-4-9(10)15/h3-4,7H,2,5-6H2,1H3,(H,16,20)(H,18,19). The second-order valence-corrected chi connectivity index (χ2v) is 5.80. The van der Waals surface area contributed by atoms with Crippen molar-refractivity contribution in [3.8, 4) is 0 Å². The molecule has 1 fully saturated rings. The lowest BCUT2D eigenvalue weighted by Gasteiger charge is -2.31. The second-order valence-electron chi connectivity index (χ2n) is 4.89. The minimum absolute atomic E-state index is 0.0176. The number of likely N-dealkylation sites (tertiary alicyclic amines) is 1. The maximum atomic E-state index is 13.6. The number of aliphatic carboxylic acids is 1. The Morgan fingerprint density at radius 2 is 2.20 bits per heavy atom. The van der Waals surface area contributed by atoms with E-state index in [2.05, 4.69) is 21.2 Å². The number of nitrogens with zero attached hydrogens (tertiary/aromatic N) is 1. The molecule has 0 aliphatic carbocycles. The first-order chi connectivity index (χ1) is 9.34. The van der Waals surface area contributed by atoms with E-state index in [4.69, 9.17) is 0 Å². The Morgan fingerprint density at radius 3 is 2.85 bits per heavy atom. The molecule has 1 atom stereocenters. The molecular weight excluding hydrogens is 331 g/mol. The van der Waals surface area contributed by atoms with Crippen molar-refractivity contribution in [3.05, 3.63) is 28.5 Å². The maximum absolute atomic E-state index is 13.6. The van der Waals surface area contributed by atoms with Crippen molar-refractivity contribution in [2.24, 2.45) is 0 Å². The molecule has 1 aliphatic heterocycles. The Labute approximate surface area is 123 Å². The first kappa shape index (κ1) is 14.8. The van der Waals surface area contributed by atoms with Crippen LogP contribution in [0.4, 0.5) is 14.9 Å². The lowest BCUT2D eigenvalue weighted by molar-refractivity contribution is -0.146. The number of amides is 2.